The van der Waals surface area contributed by atoms with Crippen LogP contribution in [-0.2, 0) is 6.42 Å². The molecular formula is C35H20N4O. The fourth-order valence-electron chi connectivity index (χ4n) is 6.18. The van der Waals surface area contributed by atoms with Crippen LogP contribution in [-0.4, -0.2) is 19.5 Å². The van der Waals surface area contributed by atoms with Crippen molar-refractivity contribution in [1.29, 1.82) is 0 Å². The highest BCUT2D eigenvalue weighted by Crippen LogP contribution is 2.41. The summed E-state index contributed by atoms with van der Waals surface area (Å²) < 4.78 is 8.49. The minimum absolute atomic E-state index is 0.322. The molecule has 40 heavy (non-hydrogen) atoms. The van der Waals surface area contributed by atoms with Crippen molar-refractivity contribution in [2.24, 2.45) is 5.92 Å². The molecule has 0 bridgehead atoms. The molecule has 186 valence electrons. The zero-order valence-corrected chi connectivity index (χ0v) is 21.3. The minimum atomic E-state index is 0.322. The summed E-state index contributed by atoms with van der Waals surface area (Å²) in [4.78, 5) is 14.8. The molecule has 4 heterocycles. The third-order valence-electron chi connectivity index (χ3n) is 8.02. The van der Waals surface area contributed by atoms with E-state index in [1.807, 2.05) is 42.5 Å². The second kappa shape index (κ2) is 8.02. The van der Waals surface area contributed by atoms with Gasteiger partial charge in [0.2, 0.25) is 0 Å². The summed E-state index contributed by atoms with van der Waals surface area (Å²) >= 11 is 0. The fraction of sp³-hybridized carbons (Fsp3) is 0.0571. The van der Waals surface area contributed by atoms with Crippen LogP contribution in [0.4, 0.5) is 0 Å². The molecule has 0 saturated heterocycles. The molecule has 1 atom stereocenters. The Balaban J connectivity index is 1.36. The number of rotatable bonds is 2. The second-order valence-corrected chi connectivity index (χ2v) is 10.3. The lowest BCUT2D eigenvalue weighted by atomic mass is 9.83. The molecular weight excluding hydrogens is 492 g/mol. The van der Waals surface area contributed by atoms with Crippen LogP contribution in [0.1, 0.15) is 11.3 Å². The lowest BCUT2D eigenvalue weighted by Gasteiger charge is -2.24. The van der Waals surface area contributed by atoms with Crippen LogP contribution < -0.4 is 0 Å². The summed E-state index contributed by atoms with van der Waals surface area (Å²) in [6.07, 6.45) is 13.7. The molecule has 0 aliphatic heterocycles. The monoisotopic (exact) mass is 512 g/mol. The van der Waals surface area contributed by atoms with Gasteiger partial charge in [-0.15, -0.1) is 0 Å². The number of nitrogens with zero attached hydrogens (tertiary/aromatic N) is 4. The number of allylic oxidation sites excluding steroid dienone is 5. The maximum absolute atomic E-state index is 6.21. The molecule has 0 radical (unpaired) electrons. The molecule has 0 amide bonds. The molecule has 0 fully saturated rings. The van der Waals surface area contributed by atoms with E-state index < -0.39 is 0 Å². The summed E-state index contributed by atoms with van der Waals surface area (Å²) in [5.74, 6) is 1.05. The van der Waals surface area contributed by atoms with E-state index in [2.05, 4.69) is 76.3 Å². The average molecular weight is 513 g/mol. The van der Waals surface area contributed by atoms with E-state index >= 15 is 0 Å². The Labute approximate surface area is 229 Å². The zero-order valence-electron chi connectivity index (χ0n) is 21.3. The van der Waals surface area contributed by atoms with E-state index in [1.54, 1.807) is 6.20 Å². The van der Waals surface area contributed by atoms with Crippen LogP contribution in [0.2, 0.25) is 0 Å². The van der Waals surface area contributed by atoms with Crippen molar-refractivity contribution in [3.05, 3.63) is 126 Å². The molecule has 7 aromatic rings. The van der Waals surface area contributed by atoms with Gasteiger partial charge in [0.1, 0.15) is 22.4 Å². The Kier molecular flexibility index (Phi) is 4.30. The molecule has 0 saturated carbocycles. The molecule has 9 rings (SSSR count). The number of pyridine rings is 1. The highest BCUT2D eigenvalue weighted by atomic mass is 16.3. The fourth-order valence-corrected chi connectivity index (χ4v) is 6.18. The average Bonchev–Trinajstić information content (AvgIpc) is 3.54. The summed E-state index contributed by atoms with van der Waals surface area (Å²) in [7, 11) is 0. The summed E-state index contributed by atoms with van der Waals surface area (Å²) in [6.45, 7) is 0. The maximum Gasteiger partial charge on any atom is 0.180 e. The Bertz CT molecular complexity index is 2260. The van der Waals surface area contributed by atoms with Crippen molar-refractivity contribution in [3.63, 3.8) is 0 Å². The SMILES string of the molecule is c1c(-c2nc3cccnc3nc2-n2c3c(c4ccccc42)C=C2C=CC=CC2C3)cc2oc3ccccc3c2c#1. The van der Waals surface area contributed by atoms with Gasteiger partial charge in [0, 0.05) is 40.2 Å². The van der Waals surface area contributed by atoms with Crippen molar-refractivity contribution < 1.29 is 4.42 Å². The number of para-hydroxylation sites is 2. The van der Waals surface area contributed by atoms with Gasteiger partial charge in [-0.1, -0.05) is 66.8 Å². The van der Waals surface area contributed by atoms with Crippen LogP contribution in [0.25, 0.3) is 67.2 Å². The molecule has 0 spiro atoms. The van der Waals surface area contributed by atoms with Gasteiger partial charge in [0.05, 0.1) is 16.5 Å². The van der Waals surface area contributed by atoms with Gasteiger partial charge in [-0.2, -0.15) is 0 Å². The maximum atomic E-state index is 6.21. The molecule has 3 aromatic carbocycles. The van der Waals surface area contributed by atoms with Gasteiger partial charge in [0.25, 0.3) is 0 Å². The van der Waals surface area contributed by atoms with Gasteiger partial charge in [-0.05, 0) is 48.4 Å². The molecule has 2 aliphatic carbocycles. The van der Waals surface area contributed by atoms with Crippen LogP contribution in [0.3, 0.4) is 0 Å². The van der Waals surface area contributed by atoms with Crippen molar-refractivity contribution in [1.82, 2.24) is 19.5 Å². The van der Waals surface area contributed by atoms with Crippen molar-refractivity contribution >= 4 is 50.1 Å². The Morgan fingerprint density at radius 2 is 1.77 bits per heavy atom. The zero-order chi connectivity index (χ0) is 26.2. The van der Waals surface area contributed by atoms with Crippen LogP contribution in [0, 0.1) is 18.1 Å². The summed E-state index contributed by atoms with van der Waals surface area (Å²) in [5, 5.41) is 3.13. The van der Waals surface area contributed by atoms with Crippen molar-refractivity contribution in [3.8, 4) is 17.1 Å². The Morgan fingerprint density at radius 3 is 2.75 bits per heavy atom. The molecule has 5 heteroatoms. The Hall–Kier alpha value is -5.47. The van der Waals surface area contributed by atoms with E-state index in [0.717, 1.165) is 56.5 Å². The lowest BCUT2D eigenvalue weighted by Crippen LogP contribution is -2.15. The molecule has 4 aromatic heterocycles. The second-order valence-electron chi connectivity index (χ2n) is 10.3. The lowest BCUT2D eigenvalue weighted by molar-refractivity contribution is 0.669. The first-order valence-electron chi connectivity index (χ1n) is 13.4. The smallest absolute Gasteiger partial charge is 0.180 e. The summed E-state index contributed by atoms with van der Waals surface area (Å²) in [5.41, 5.74) is 9.29. The predicted molar refractivity (Wildman–Crippen MR) is 158 cm³/mol. The first-order valence-corrected chi connectivity index (χ1v) is 13.4. The standard InChI is InChI=1S/C35H20N4O/c1-2-9-22-19-30-27(18-21(22)8-1)24-10-3-5-13-29(24)39(30)35-33(37-28-12-7-17-36-34(28)38-35)23-15-16-26-25-11-4-6-14-31(25)40-32(26)20-23/h1-14,17-18,20,22H,19H2. The highest BCUT2D eigenvalue weighted by molar-refractivity contribution is 6.05. The van der Waals surface area contributed by atoms with Crippen LogP contribution in [0.5, 0.6) is 0 Å². The molecule has 1 unspecified atom stereocenters. The number of hydrogen-bond acceptors (Lipinski definition) is 4. The first kappa shape index (κ1) is 21.5. The molecule has 5 nitrogen and oxygen atoms in total. The van der Waals surface area contributed by atoms with Gasteiger partial charge >= 0.3 is 0 Å². The topological polar surface area (TPSA) is 56.7 Å². The van der Waals surface area contributed by atoms with Gasteiger partial charge in [-0.25, -0.2) is 15.0 Å². The van der Waals surface area contributed by atoms with Gasteiger partial charge < -0.3 is 4.42 Å². The van der Waals surface area contributed by atoms with E-state index in [4.69, 9.17) is 14.4 Å². The van der Waals surface area contributed by atoms with Crippen molar-refractivity contribution in [2.75, 3.05) is 0 Å². The van der Waals surface area contributed by atoms with E-state index in [0.29, 0.717) is 11.6 Å². The number of hydrogen-bond donors (Lipinski definition) is 0. The van der Waals surface area contributed by atoms with Gasteiger partial charge in [-0.3, -0.25) is 4.57 Å². The van der Waals surface area contributed by atoms with E-state index in [9.17, 15) is 0 Å². The van der Waals surface area contributed by atoms with E-state index in [1.165, 1.54) is 22.2 Å². The van der Waals surface area contributed by atoms with Crippen LogP contribution >= 0.6 is 0 Å². The molecule has 0 N–H and O–H groups in total. The number of benzene rings is 2. The van der Waals surface area contributed by atoms with Crippen molar-refractivity contribution in [2.45, 2.75) is 6.42 Å². The predicted octanol–water partition coefficient (Wildman–Crippen LogP) is 7.82. The number of fused-ring (bicyclic) bond motifs is 8. The third kappa shape index (κ3) is 3.02. The summed E-state index contributed by atoms with van der Waals surface area (Å²) in [6, 6.07) is 29.1. The number of furan rings is 1. The highest BCUT2D eigenvalue weighted by Gasteiger charge is 2.28. The normalized spacial score (nSPS) is 15.9. The number of aromatic nitrogens is 4. The first-order chi connectivity index (χ1) is 19.8. The minimum Gasteiger partial charge on any atom is -0.455 e. The van der Waals surface area contributed by atoms with E-state index in [-0.39, 0.29) is 0 Å². The third-order valence-corrected chi connectivity index (χ3v) is 8.02. The quantitative estimate of drug-likeness (QED) is 0.237. The van der Waals surface area contributed by atoms with Crippen LogP contribution in [0.15, 0.2) is 107 Å². The van der Waals surface area contributed by atoms with Gasteiger partial charge in [0.15, 0.2) is 11.5 Å². The Morgan fingerprint density at radius 1 is 0.875 bits per heavy atom. The molecule has 2 aliphatic rings. The largest absolute Gasteiger partial charge is 0.455 e.